The number of rotatable bonds is 2. The van der Waals surface area contributed by atoms with E-state index in [4.69, 9.17) is 11.6 Å². The molecule has 1 aliphatic rings. The smallest absolute Gasteiger partial charge is 0.0807 e. The van der Waals surface area contributed by atoms with Crippen molar-refractivity contribution < 1.29 is 5.11 Å². The van der Waals surface area contributed by atoms with Crippen LogP contribution in [-0.2, 0) is 13.0 Å². The van der Waals surface area contributed by atoms with E-state index in [1.54, 1.807) is 0 Å². The van der Waals surface area contributed by atoms with Gasteiger partial charge in [0.05, 0.1) is 12.6 Å². The summed E-state index contributed by atoms with van der Waals surface area (Å²) in [6.07, 6.45) is 4.64. The summed E-state index contributed by atoms with van der Waals surface area (Å²) in [5.41, 5.74) is 2.28. The van der Waals surface area contributed by atoms with Crippen LogP contribution in [0.15, 0.2) is 23.9 Å². The molecule has 0 amide bonds. The highest BCUT2D eigenvalue weighted by Gasteiger charge is 2.20. The van der Waals surface area contributed by atoms with Crippen LogP contribution < -0.4 is 0 Å². The molecule has 1 N–H and O–H groups in total. The molecule has 2 nitrogen and oxygen atoms in total. The SMILES string of the molecule is C=C(Cl)Cn1ccc2c1CCCC2O. The molecule has 0 fully saturated rings. The molecule has 14 heavy (non-hydrogen) atoms. The van der Waals surface area contributed by atoms with Crippen LogP contribution in [0.3, 0.4) is 0 Å². The Labute approximate surface area is 88.8 Å². The van der Waals surface area contributed by atoms with E-state index in [0.717, 1.165) is 24.8 Å². The molecule has 0 saturated carbocycles. The molecule has 1 aromatic rings. The fraction of sp³-hybridized carbons (Fsp3) is 0.455. The summed E-state index contributed by atoms with van der Waals surface area (Å²) in [4.78, 5) is 0. The average molecular weight is 212 g/mol. The highest BCUT2D eigenvalue weighted by Crippen LogP contribution is 2.30. The van der Waals surface area contributed by atoms with Crippen LogP contribution in [0.5, 0.6) is 0 Å². The Morgan fingerprint density at radius 3 is 3.21 bits per heavy atom. The Kier molecular flexibility index (Phi) is 2.66. The van der Waals surface area contributed by atoms with Crippen molar-refractivity contribution in [3.05, 3.63) is 35.1 Å². The third-order valence-electron chi connectivity index (χ3n) is 2.71. The van der Waals surface area contributed by atoms with Gasteiger partial charge in [-0.05, 0) is 25.3 Å². The summed E-state index contributed by atoms with van der Waals surface area (Å²) in [6, 6.07) is 1.99. The highest BCUT2D eigenvalue weighted by atomic mass is 35.5. The highest BCUT2D eigenvalue weighted by molar-refractivity contribution is 6.29. The summed E-state index contributed by atoms with van der Waals surface area (Å²) >= 11 is 5.77. The Morgan fingerprint density at radius 1 is 1.71 bits per heavy atom. The number of fused-ring (bicyclic) bond motifs is 1. The number of hydrogen-bond acceptors (Lipinski definition) is 1. The molecule has 0 aliphatic heterocycles. The zero-order valence-electron chi connectivity index (χ0n) is 8.04. The van der Waals surface area contributed by atoms with Gasteiger partial charge in [0.15, 0.2) is 0 Å². The number of hydrogen-bond donors (Lipinski definition) is 1. The van der Waals surface area contributed by atoms with Crippen LogP contribution in [0.2, 0.25) is 0 Å². The molecule has 76 valence electrons. The molecule has 3 heteroatoms. The normalized spacial score (nSPS) is 20.6. The maximum Gasteiger partial charge on any atom is 0.0807 e. The molecule has 1 atom stereocenters. The molecule has 1 unspecified atom stereocenters. The van der Waals surface area contributed by atoms with Crippen molar-refractivity contribution in [3.63, 3.8) is 0 Å². The van der Waals surface area contributed by atoms with Gasteiger partial charge in [-0.25, -0.2) is 0 Å². The maximum atomic E-state index is 9.74. The lowest BCUT2D eigenvalue weighted by Gasteiger charge is -2.19. The largest absolute Gasteiger partial charge is 0.388 e. The van der Waals surface area contributed by atoms with Crippen molar-refractivity contribution >= 4 is 11.6 Å². The Balaban J connectivity index is 2.31. The number of aliphatic hydroxyl groups is 1. The first-order chi connectivity index (χ1) is 6.68. The van der Waals surface area contributed by atoms with E-state index in [9.17, 15) is 5.11 Å². The zero-order chi connectivity index (χ0) is 10.1. The monoisotopic (exact) mass is 211 g/mol. The average Bonchev–Trinajstić information content (AvgIpc) is 2.49. The first kappa shape index (κ1) is 9.81. The summed E-state index contributed by atoms with van der Waals surface area (Å²) in [6.45, 7) is 4.32. The lowest BCUT2D eigenvalue weighted by molar-refractivity contribution is 0.156. The standard InChI is InChI=1S/C11H14ClNO/c1-8(12)7-13-6-5-9-10(13)3-2-4-11(9)14/h5-6,11,14H,1-4,7H2. The molecule has 0 bridgehead atoms. The summed E-state index contributed by atoms with van der Waals surface area (Å²) in [5, 5.41) is 10.4. The van der Waals surface area contributed by atoms with E-state index in [0.29, 0.717) is 11.6 Å². The van der Waals surface area contributed by atoms with Crippen molar-refractivity contribution in [3.8, 4) is 0 Å². The molecule has 1 aromatic heterocycles. The van der Waals surface area contributed by atoms with Gasteiger partial charge in [-0.2, -0.15) is 0 Å². The summed E-state index contributed by atoms with van der Waals surface area (Å²) in [7, 11) is 0. The van der Waals surface area contributed by atoms with Crippen LogP contribution >= 0.6 is 11.6 Å². The van der Waals surface area contributed by atoms with Gasteiger partial charge < -0.3 is 9.67 Å². The molecule has 0 saturated heterocycles. The number of allylic oxidation sites excluding steroid dienone is 1. The van der Waals surface area contributed by atoms with Crippen LogP contribution in [0.4, 0.5) is 0 Å². The topological polar surface area (TPSA) is 25.2 Å². The predicted molar refractivity (Wildman–Crippen MR) is 57.3 cm³/mol. The number of aromatic nitrogens is 1. The minimum Gasteiger partial charge on any atom is -0.388 e. The third-order valence-corrected chi connectivity index (χ3v) is 2.83. The van der Waals surface area contributed by atoms with Gasteiger partial charge in [-0.3, -0.25) is 0 Å². The third kappa shape index (κ3) is 1.72. The van der Waals surface area contributed by atoms with Crippen LogP contribution in [0.1, 0.15) is 30.2 Å². The Bertz CT molecular complexity index is 356. The second-order valence-corrected chi connectivity index (χ2v) is 4.31. The van der Waals surface area contributed by atoms with Crippen LogP contribution in [0.25, 0.3) is 0 Å². The Hall–Kier alpha value is -0.730. The molecule has 1 aliphatic carbocycles. The van der Waals surface area contributed by atoms with Crippen molar-refractivity contribution in [2.24, 2.45) is 0 Å². The lowest BCUT2D eigenvalue weighted by Crippen LogP contribution is -2.11. The van der Waals surface area contributed by atoms with Crippen molar-refractivity contribution in [2.75, 3.05) is 0 Å². The van der Waals surface area contributed by atoms with E-state index in [1.807, 2.05) is 12.3 Å². The van der Waals surface area contributed by atoms with Gasteiger partial charge in [0, 0.05) is 22.5 Å². The number of aliphatic hydroxyl groups excluding tert-OH is 1. The van der Waals surface area contributed by atoms with E-state index in [1.165, 1.54) is 5.69 Å². The van der Waals surface area contributed by atoms with Crippen molar-refractivity contribution in [1.82, 2.24) is 4.57 Å². The minimum absolute atomic E-state index is 0.288. The molecule has 1 heterocycles. The quantitative estimate of drug-likeness (QED) is 0.800. The fourth-order valence-electron chi connectivity index (χ4n) is 2.06. The van der Waals surface area contributed by atoms with Gasteiger partial charge in [0.2, 0.25) is 0 Å². The van der Waals surface area contributed by atoms with E-state index in [-0.39, 0.29) is 6.10 Å². The molecule has 0 aromatic carbocycles. The zero-order valence-corrected chi connectivity index (χ0v) is 8.80. The maximum absolute atomic E-state index is 9.74. The van der Waals surface area contributed by atoms with E-state index >= 15 is 0 Å². The first-order valence-electron chi connectivity index (χ1n) is 4.87. The summed E-state index contributed by atoms with van der Waals surface area (Å²) in [5.74, 6) is 0. The number of halogens is 1. The number of nitrogens with zero attached hydrogens (tertiary/aromatic N) is 1. The van der Waals surface area contributed by atoms with Gasteiger partial charge >= 0.3 is 0 Å². The van der Waals surface area contributed by atoms with E-state index in [2.05, 4.69) is 11.1 Å². The van der Waals surface area contributed by atoms with Crippen molar-refractivity contribution in [1.29, 1.82) is 0 Å². The molecule has 0 spiro atoms. The van der Waals surface area contributed by atoms with Gasteiger partial charge in [-0.1, -0.05) is 18.2 Å². The first-order valence-corrected chi connectivity index (χ1v) is 5.25. The second kappa shape index (κ2) is 3.79. The van der Waals surface area contributed by atoms with Gasteiger partial charge in [0.25, 0.3) is 0 Å². The minimum atomic E-state index is -0.288. The van der Waals surface area contributed by atoms with Gasteiger partial charge in [0.1, 0.15) is 0 Å². The predicted octanol–water partition coefficient (Wildman–Crippen LogP) is 2.61. The second-order valence-electron chi connectivity index (χ2n) is 3.77. The Morgan fingerprint density at radius 2 is 2.50 bits per heavy atom. The molecule has 2 rings (SSSR count). The van der Waals surface area contributed by atoms with Gasteiger partial charge in [-0.15, -0.1) is 0 Å². The van der Waals surface area contributed by atoms with Crippen LogP contribution in [0, 0.1) is 0 Å². The molecular formula is C11H14ClNO. The van der Waals surface area contributed by atoms with E-state index < -0.39 is 0 Å². The molecule has 0 radical (unpaired) electrons. The summed E-state index contributed by atoms with van der Waals surface area (Å²) < 4.78 is 2.08. The van der Waals surface area contributed by atoms with Crippen LogP contribution in [-0.4, -0.2) is 9.67 Å². The van der Waals surface area contributed by atoms with Crippen molar-refractivity contribution in [2.45, 2.75) is 31.9 Å². The lowest BCUT2D eigenvalue weighted by atomic mass is 9.95. The fourth-order valence-corrected chi connectivity index (χ4v) is 2.19. The molecular weight excluding hydrogens is 198 g/mol.